The van der Waals surface area contributed by atoms with Crippen LogP contribution in [-0.4, -0.2) is 39.5 Å². The smallest absolute Gasteiger partial charge is 0.345 e. The summed E-state index contributed by atoms with van der Waals surface area (Å²) in [6, 6.07) is 5.12. The molecule has 8 atom stereocenters. The van der Waals surface area contributed by atoms with Crippen LogP contribution >= 0.6 is 0 Å². The molecule has 1 aliphatic heterocycles. The quantitative estimate of drug-likeness (QED) is 0.613. The van der Waals surface area contributed by atoms with Crippen LogP contribution in [0.2, 0.25) is 0 Å². The van der Waals surface area contributed by atoms with Gasteiger partial charge in [-0.3, -0.25) is 9.78 Å². The maximum atomic E-state index is 13.2. The molecule has 3 heterocycles. The Morgan fingerprint density at radius 1 is 1.28 bits per heavy atom. The van der Waals surface area contributed by atoms with E-state index >= 15 is 0 Å². The number of aromatic nitrogens is 1. The van der Waals surface area contributed by atoms with E-state index in [-0.39, 0.29) is 41.5 Å². The van der Waals surface area contributed by atoms with Gasteiger partial charge in [0.15, 0.2) is 0 Å². The average molecular weight is 498 g/mol. The third kappa shape index (κ3) is 3.52. The first kappa shape index (κ1) is 25.0. The second-order valence-corrected chi connectivity index (χ2v) is 11.7. The normalized spacial score (nSPS) is 39.2. The number of pyridine rings is 1. The fraction of sp³-hybridized carbons (Fsp3) is 0.607. The van der Waals surface area contributed by atoms with Gasteiger partial charge in [-0.05, 0) is 55.6 Å². The molecule has 0 spiro atoms. The highest BCUT2D eigenvalue weighted by Crippen LogP contribution is 2.67. The minimum atomic E-state index is -1.19. The molecule has 3 aliphatic rings. The lowest BCUT2D eigenvalue weighted by Gasteiger charge is -2.66. The van der Waals surface area contributed by atoms with Crippen molar-refractivity contribution >= 4 is 5.97 Å². The molecule has 0 radical (unpaired) electrons. The summed E-state index contributed by atoms with van der Waals surface area (Å²) < 4.78 is 17.6. The first-order chi connectivity index (χ1) is 16.9. The third-order valence-corrected chi connectivity index (χ3v) is 9.71. The molecule has 2 aliphatic carbocycles. The van der Waals surface area contributed by atoms with Gasteiger partial charge in [0.1, 0.15) is 22.7 Å². The molecule has 2 fully saturated rings. The van der Waals surface area contributed by atoms with Crippen LogP contribution in [0.3, 0.4) is 0 Å². The lowest BCUT2D eigenvalue weighted by molar-refractivity contribution is -0.257. The zero-order valence-electron chi connectivity index (χ0n) is 21.5. The van der Waals surface area contributed by atoms with Gasteiger partial charge in [-0.2, -0.15) is 0 Å². The van der Waals surface area contributed by atoms with Crippen molar-refractivity contribution in [3.63, 3.8) is 0 Å². The molecule has 8 nitrogen and oxygen atoms in total. The second-order valence-electron chi connectivity index (χ2n) is 11.7. The monoisotopic (exact) mass is 497 g/mol. The van der Waals surface area contributed by atoms with E-state index in [1.54, 1.807) is 30.6 Å². The molecule has 0 amide bonds. The molecule has 0 saturated heterocycles. The number of aliphatic hydroxyl groups excluding tert-OH is 2. The molecule has 2 aromatic rings. The van der Waals surface area contributed by atoms with Crippen LogP contribution < -0.4 is 10.4 Å². The third-order valence-electron chi connectivity index (χ3n) is 9.71. The summed E-state index contributed by atoms with van der Waals surface area (Å²) >= 11 is 0. The van der Waals surface area contributed by atoms with Gasteiger partial charge in [0.2, 0.25) is 0 Å². The maximum absolute atomic E-state index is 13.2. The van der Waals surface area contributed by atoms with Crippen LogP contribution in [0.1, 0.15) is 65.5 Å². The molecule has 194 valence electrons. The Kier molecular flexibility index (Phi) is 5.84. The van der Waals surface area contributed by atoms with E-state index in [4.69, 9.17) is 13.9 Å². The summed E-state index contributed by atoms with van der Waals surface area (Å²) in [6.07, 6.45) is 3.21. The highest BCUT2D eigenvalue weighted by Gasteiger charge is 2.68. The predicted molar refractivity (Wildman–Crippen MR) is 131 cm³/mol. The Labute approximate surface area is 210 Å². The van der Waals surface area contributed by atoms with E-state index < -0.39 is 40.2 Å². The highest BCUT2D eigenvalue weighted by molar-refractivity contribution is 5.66. The molecule has 8 heteroatoms. The summed E-state index contributed by atoms with van der Waals surface area (Å²) in [7, 11) is 0. The van der Waals surface area contributed by atoms with Crippen molar-refractivity contribution in [3.05, 3.63) is 46.6 Å². The number of carbonyl (C=O) groups is 1. The van der Waals surface area contributed by atoms with Crippen molar-refractivity contribution in [2.75, 3.05) is 6.61 Å². The van der Waals surface area contributed by atoms with Gasteiger partial charge in [-0.1, -0.05) is 20.8 Å². The van der Waals surface area contributed by atoms with Gasteiger partial charge in [-0.25, -0.2) is 4.79 Å². The van der Waals surface area contributed by atoms with Gasteiger partial charge >= 0.3 is 11.6 Å². The summed E-state index contributed by atoms with van der Waals surface area (Å²) in [6.45, 7) is 9.85. The van der Waals surface area contributed by atoms with Crippen molar-refractivity contribution in [1.82, 2.24) is 4.98 Å². The lowest BCUT2D eigenvalue weighted by Crippen LogP contribution is -2.70. The summed E-state index contributed by atoms with van der Waals surface area (Å²) in [4.78, 5) is 29.0. The maximum Gasteiger partial charge on any atom is 0.345 e. The van der Waals surface area contributed by atoms with E-state index in [0.717, 1.165) is 12.8 Å². The lowest BCUT2D eigenvalue weighted by atomic mass is 9.41. The molecule has 36 heavy (non-hydrogen) atoms. The molecular formula is C28H35NO7. The van der Waals surface area contributed by atoms with Crippen LogP contribution in [0.15, 0.2) is 39.8 Å². The van der Waals surface area contributed by atoms with Crippen molar-refractivity contribution in [2.24, 2.45) is 28.6 Å². The standard InChI is InChI=1S/C28H35NO7/c1-15-8-9-26(3)20(27(15,4)14-34-16(2)30)12-21(31)28(5)24(26)23(32)22-19(36-28)11-18(35-25(22)33)17-7-6-10-29-13-17/h6-7,10-11,13,15,20-21,23-24,31-32H,8-9,12,14H2,1-5H3/t15-,20?,21-,23-,24?,26-,27?,28+/m0/s1. The van der Waals surface area contributed by atoms with Crippen LogP contribution in [0.4, 0.5) is 0 Å². The molecule has 0 bridgehead atoms. The predicted octanol–water partition coefficient (Wildman–Crippen LogP) is 3.89. The van der Waals surface area contributed by atoms with Gasteiger partial charge < -0.3 is 24.1 Å². The molecule has 3 unspecified atom stereocenters. The molecule has 0 aromatic carbocycles. The Bertz CT molecular complexity index is 1230. The van der Waals surface area contributed by atoms with Gasteiger partial charge in [0.25, 0.3) is 0 Å². The zero-order chi connectivity index (χ0) is 26.0. The first-order valence-corrected chi connectivity index (χ1v) is 12.7. The SMILES string of the molecule is CC(=O)OCC1(C)C2C[C@H](O)[C@@]3(C)Oc4cc(-c5cccnc5)oc(=O)c4[C@H](O)C3[C@@]2(C)CC[C@@H]1C. The van der Waals surface area contributed by atoms with Gasteiger partial charge in [-0.15, -0.1) is 0 Å². The summed E-state index contributed by atoms with van der Waals surface area (Å²) in [5, 5.41) is 23.3. The fourth-order valence-corrected chi connectivity index (χ4v) is 7.55. The Hall–Kier alpha value is -2.71. The highest BCUT2D eigenvalue weighted by atomic mass is 16.5. The van der Waals surface area contributed by atoms with Crippen LogP contribution in [0.25, 0.3) is 11.3 Å². The van der Waals surface area contributed by atoms with Crippen molar-refractivity contribution in [1.29, 1.82) is 0 Å². The van der Waals surface area contributed by atoms with Crippen molar-refractivity contribution in [2.45, 2.75) is 71.7 Å². The minimum absolute atomic E-state index is 0.0670. The van der Waals surface area contributed by atoms with Crippen molar-refractivity contribution in [3.8, 4) is 17.1 Å². The Balaban J connectivity index is 1.61. The molecular weight excluding hydrogens is 462 g/mol. The minimum Gasteiger partial charge on any atom is -0.484 e. The van der Waals surface area contributed by atoms with Gasteiger partial charge in [0, 0.05) is 42.3 Å². The van der Waals surface area contributed by atoms with E-state index in [2.05, 4.69) is 25.8 Å². The number of fused-ring (bicyclic) bond motifs is 4. The average Bonchev–Trinajstić information content (AvgIpc) is 2.82. The van der Waals surface area contributed by atoms with Crippen LogP contribution in [0, 0.1) is 28.6 Å². The van der Waals surface area contributed by atoms with E-state index in [1.807, 2.05) is 6.92 Å². The van der Waals surface area contributed by atoms with Gasteiger partial charge in [0.05, 0.1) is 18.8 Å². The number of nitrogens with zero attached hydrogens (tertiary/aromatic N) is 1. The van der Waals surface area contributed by atoms with E-state index in [0.29, 0.717) is 12.0 Å². The Morgan fingerprint density at radius 2 is 2.03 bits per heavy atom. The summed E-state index contributed by atoms with van der Waals surface area (Å²) in [5.41, 5.74) is -1.98. The summed E-state index contributed by atoms with van der Waals surface area (Å²) in [5.74, 6) is -0.216. The van der Waals surface area contributed by atoms with Crippen LogP contribution in [-0.2, 0) is 9.53 Å². The molecule has 2 aromatic heterocycles. The number of hydrogen-bond donors (Lipinski definition) is 2. The second kappa shape index (κ2) is 8.42. The van der Waals surface area contributed by atoms with Crippen molar-refractivity contribution < 1.29 is 28.9 Å². The number of carbonyl (C=O) groups excluding carboxylic acids is 1. The molecule has 2 saturated carbocycles. The molecule has 5 rings (SSSR count). The number of rotatable bonds is 3. The zero-order valence-corrected chi connectivity index (χ0v) is 21.5. The fourth-order valence-electron chi connectivity index (χ4n) is 7.55. The number of hydrogen-bond acceptors (Lipinski definition) is 8. The molecule has 2 N–H and O–H groups in total. The number of esters is 1. The largest absolute Gasteiger partial charge is 0.484 e. The topological polar surface area (TPSA) is 119 Å². The Morgan fingerprint density at radius 3 is 2.69 bits per heavy atom. The number of aliphatic hydroxyl groups is 2. The van der Waals surface area contributed by atoms with Crippen LogP contribution in [0.5, 0.6) is 5.75 Å². The van der Waals surface area contributed by atoms with E-state index in [9.17, 15) is 19.8 Å². The number of ether oxygens (including phenoxy) is 2. The first-order valence-electron chi connectivity index (χ1n) is 12.7. The van der Waals surface area contributed by atoms with E-state index in [1.165, 1.54) is 6.92 Å².